The summed E-state index contributed by atoms with van der Waals surface area (Å²) in [6, 6.07) is 5.51. The molecule has 1 heterocycles. The van der Waals surface area contributed by atoms with E-state index in [9.17, 15) is 10.1 Å². The van der Waals surface area contributed by atoms with Gasteiger partial charge in [0.1, 0.15) is 23.6 Å². The molecule has 0 radical (unpaired) electrons. The zero-order valence-electron chi connectivity index (χ0n) is 10.1. The second-order valence-corrected chi connectivity index (χ2v) is 4.27. The summed E-state index contributed by atoms with van der Waals surface area (Å²) in [6.07, 6.45) is 3.47. The third-order valence-electron chi connectivity index (χ3n) is 2.91. The first kappa shape index (κ1) is 12.8. The van der Waals surface area contributed by atoms with Crippen molar-refractivity contribution >= 4 is 11.5 Å². The summed E-state index contributed by atoms with van der Waals surface area (Å²) in [5.41, 5.74) is -0.0182. The summed E-state index contributed by atoms with van der Waals surface area (Å²) in [4.78, 5) is 16.0. The fraction of sp³-hybridized carbons (Fsp3) is 0.417. The number of aromatic nitrogens is 1. The minimum absolute atomic E-state index is 0.180. The van der Waals surface area contributed by atoms with Gasteiger partial charge in [-0.25, -0.2) is 4.98 Å². The number of rotatable bonds is 5. The molecule has 0 amide bonds. The van der Waals surface area contributed by atoms with Gasteiger partial charge >= 0.3 is 0 Å². The maximum Gasteiger partial charge on any atom is 0.289 e. The molecule has 0 atom stereocenters. The first-order valence-corrected chi connectivity index (χ1v) is 5.85. The zero-order valence-corrected chi connectivity index (χ0v) is 10.1. The van der Waals surface area contributed by atoms with Gasteiger partial charge in [0, 0.05) is 18.7 Å². The second kappa shape index (κ2) is 5.32. The van der Waals surface area contributed by atoms with Crippen LogP contribution in [0.4, 0.5) is 11.5 Å². The minimum Gasteiger partial charge on any atom is -0.351 e. The van der Waals surface area contributed by atoms with Crippen molar-refractivity contribution in [3.05, 3.63) is 27.9 Å². The van der Waals surface area contributed by atoms with E-state index in [2.05, 4.69) is 11.1 Å². The quantitative estimate of drug-likeness (QED) is 0.587. The lowest BCUT2D eigenvalue weighted by Gasteiger charge is -2.22. The van der Waals surface area contributed by atoms with Crippen molar-refractivity contribution in [1.29, 1.82) is 10.5 Å². The number of nitrogens with zero attached hydrogens (tertiary/aromatic N) is 5. The fourth-order valence-corrected chi connectivity index (χ4v) is 1.88. The monoisotopic (exact) mass is 257 g/mol. The fourth-order valence-electron chi connectivity index (χ4n) is 1.88. The molecule has 0 aliphatic heterocycles. The number of nitriles is 2. The van der Waals surface area contributed by atoms with Crippen molar-refractivity contribution < 1.29 is 4.92 Å². The molecular formula is C12H11N5O2. The van der Waals surface area contributed by atoms with Crippen molar-refractivity contribution in [2.75, 3.05) is 11.4 Å². The average molecular weight is 257 g/mol. The van der Waals surface area contributed by atoms with E-state index in [0.717, 1.165) is 19.0 Å². The van der Waals surface area contributed by atoms with Crippen LogP contribution in [0.25, 0.3) is 0 Å². The Morgan fingerprint density at radius 2 is 2.26 bits per heavy atom. The maximum absolute atomic E-state index is 10.7. The molecular weight excluding hydrogens is 246 g/mol. The summed E-state index contributed by atoms with van der Waals surface area (Å²) in [5.74, 6) is 0.436. The highest BCUT2D eigenvalue weighted by Gasteiger charge is 2.31. The molecule has 0 saturated heterocycles. The van der Waals surface area contributed by atoms with Gasteiger partial charge in [-0.2, -0.15) is 10.5 Å². The summed E-state index contributed by atoms with van der Waals surface area (Å²) >= 11 is 0. The summed E-state index contributed by atoms with van der Waals surface area (Å²) in [7, 11) is 0. The van der Waals surface area contributed by atoms with E-state index >= 15 is 0 Å². The van der Waals surface area contributed by atoms with Crippen molar-refractivity contribution in [1.82, 2.24) is 4.98 Å². The molecule has 0 unspecified atom stereocenters. The van der Waals surface area contributed by atoms with Crippen LogP contribution in [-0.2, 0) is 0 Å². The lowest BCUT2D eigenvalue weighted by molar-refractivity contribution is -0.385. The Morgan fingerprint density at radius 3 is 2.79 bits per heavy atom. The molecule has 1 aliphatic carbocycles. The molecule has 0 bridgehead atoms. The maximum atomic E-state index is 10.7. The van der Waals surface area contributed by atoms with Crippen LogP contribution >= 0.6 is 0 Å². The van der Waals surface area contributed by atoms with Crippen molar-refractivity contribution in [3.63, 3.8) is 0 Å². The second-order valence-electron chi connectivity index (χ2n) is 4.27. The first-order valence-electron chi connectivity index (χ1n) is 5.85. The van der Waals surface area contributed by atoms with Gasteiger partial charge in [-0.1, -0.05) is 0 Å². The number of hydrogen-bond acceptors (Lipinski definition) is 6. The number of anilines is 1. The van der Waals surface area contributed by atoms with Gasteiger partial charge in [-0.05, 0) is 12.8 Å². The minimum atomic E-state index is -0.575. The van der Waals surface area contributed by atoms with Gasteiger partial charge in [0.2, 0.25) is 0 Å². The third-order valence-corrected chi connectivity index (χ3v) is 2.91. The van der Waals surface area contributed by atoms with E-state index in [-0.39, 0.29) is 17.3 Å². The third kappa shape index (κ3) is 2.78. The molecule has 0 spiro atoms. The van der Waals surface area contributed by atoms with Gasteiger partial charge in [0.15, 0.2) is 0 Å². The molecule has 19 heavy (non-hydrogen) atoms. The van der Waals surface area contributed by atoms with Crippen LogP contribution in [0.2, 0.25) is 0 Å². The molecule has 1 aromatic heterocycles. The van der Waals surface area contributed by atoms with Gasteiger partial charge < -0.3 is 4.90 Å². The van der Waals surface area contributed by atoms with Crippen LogP contribution in [0.1, 0.15) is 24.8 Å². The van der Waals surface area contributed by atoms with Crippen molar-refractivity contribution in [3.8, 4) is 12.1 Å². The Balaban J connectivity index is 2.34. The van der Waals surface area contributed by atoms with E-state index in [4.69, 9.17) is 10.5 Å². The van der Waals surface area contributed by atoms with Crippen LogP contribution < -0.4 is 4.90 Å². The molecule has 1 fully saturated rings. The predicted octanol–water partition coefficient (Wildman–Crippen LogP) is 1.74. The topological polar surface area (TPSA) is 107 Å². The van der Waals surface area contributed by atoms with E-state index < -0.39 is 4.92 Å². The standard InChI is InChI=1S/C12H11N5O2/c13-4-1-5-16(10-2-3-10)12-9(7-14)6-11(8-15-12)17(18)19/h6,8,10H,1-3,5H2. The summed E-state index contributed by atoms with van der Waals surface area (Å²) < 4.78 is 0. The Labute approximate surface area is 109 Å². The van der Waals surface area contributed by atoms with Gasteiger partial charge in [0.25, 0.3) is 5.69 Å². The highest BCUT2D eigenvalue weighted by Crippen LogP contribution is 2.33. The van der Waals surface area contributed by atoms with E-state index in [0.29, 0.717) is 18.8 Å². The van der Waals surface area contributed by atoms with Crippen molar-refractivity contribution in [2.24, 2.45) is 0 Å². The molecule has 2 rings (SSSR count). The molecule has 1 saturated carbocycles. The SMILES string of the molecule is N#CCCN(c1ncc([N+](=O)[O-])cc1C#N)C1CC1. The smallest absolute Gasteiger partial charge is 0.289 e. The van der Waals surface area contributed by atoms with Crippen LogP contribution in [0, 0.1) is 32.8 Å². The highest BCUT2D eigenvalue weighted by molar-refractivity contribution is 5.58. The summed E-state index contributed by atoms with van der Waals surface area (Å²) in [6.45, 7) is 0.487. The van der Waals surface area contributed by atoms with E-state index in [1.54, 1.807) is 0 Å². The summed E-state index contributed by atoms with van der Waals surface area (Å²) in [5, 5.41) is 28.4. The average Bonchev–Trinajstić information content (AvgIpc) is 3.23. The van der Waals surface area contributed by atoms with Crippen LogP contribution in [0.3, 0.4) is 0 Å². The van der Waals surface area contributed by atoms with Gasteiger partial charge in [-0.15, -0.1) is 0 Å². The van der Waals surface area contributed by atoms with Crippen LogP contribution in [-0.4, -0.2) is 22.5 Å². The predicted molar refractivity (Wildman–Crippen MR) is 66.2 cm³/mol. The normalized spacial score (nSPS) is 13.4. The van der Waals surface area contributed by atoms with Gasteiger partial charge in [-0.3, -0.25) is 10.1 Å². The Hall–Kier alpha value is -2.67. The van der Waals surface area contributed by atoms with E-state index in [1.807, 2.05) is 11.0 Å². The van der Waals surface area contributed by atoms with Crippen LogP contribution in [0.15, 0.2) is 12.3 Å². The highest BCUT2D eigenvalue weighted by atomic mass is 16.6. The Bertz CT molecular complexity index is 583. The Morgan fingerprint density at radius 1 is 1.53 bits per heavy atom. The molecule has 96 valence electrons. The Kier molecular flexibility index (Phi) is 3.58. The molecule has 0 aromatic carbocycles. The first-order chi connectivity index (χ1) is 9.17. The molecule has 7 nitrogen and oxygen atoms in total. The van der Waals surface area contributed by atoms with E-state index in [1.165, 1.54) is 6.07 Å². The van der Waals surface area contributed by atoms with Gasteiger partial charge in [0.05, 0.1) is 17.4 Å². The largest absolute Gasteiger partial charge is 0.351 e. The lowest BCUT2D eigenvalue weighted by atomic mass is 10.2. The lowest BCUT2D eigenvalue weighted by Crippen LogP contribution is -2.28. The molecule has 1 aliphatic rings. The molecule has 0 N–H and O–H groups in total. The van der Waals surface area contributed by atoms with Crippen LogP contribution in [0.5, 0.6) is 0 Å². The van der Waals surface area contributed by atoms with Crippen molar-refractivity contribution in [2.45, 2.75) is 25.3 Å². The molecule has 1 aromatic rings. The number of pyridine rings is 1. The molecule has 7 heteroatoms. The zero-order chi connectivity index (χ0) is 13.8. The number of nitro groups is 1. The number of hydrogen-bond donors (Lipinski definition) is 0.